The molecule has 0 atom stereocenters. The number of aromatic nitrogens is 1. The average molecular weight is 321 g/mol. The van der Waals surface area contributed by atoms with Crippen LogP contribution in [-0.2, 0) is 19.5 Å². The van der Waals surface area contributed by atoms with Crippen molar-refractivity contribution < 1.29 is 9.21 Å². The molecule has 1 amide bonds. The van der Waals surface area contributed by atoms with Gasteiger partial charge in [0.05, 0.1) is 0 Å². The first-order valence-electron chi connectivity index (χ1n) is 8.16. The largest absolute Gasteiger partial charge is 0.441 e. The molecular weight excluding hydrogens is 302 g/mol. The molecule has 0 fully saturated rings. The van der Waals surface area contributed by atoms with Crippen molar-refractivity contribution in [2.45, 2.75) is 26.4 Å². The summed E-state index contributed by atoms with van der Waals surface area (Å²) >= 11 is 0. The van der Waals surface area contributed by atoms with Crippen LogP contribution in [0, 0.1) is 6.92 Å². The normalized spacial score (nSPS) is 13.2. The highest BCUT2D eigenvalue weighted by atomic mass is 16.3. The molecule has 0 bridgehead atoms. The van der Waals surface area contributed by atoms with E-state index in [4.69, 9.17) is 4.42 Å². The number of rotatable bonds is 4. The van der Waals surface area contributed by atoms with Crippen LogP contribution in [0.5, 0.6) is 0 Å². The maximum Gasteiger partial charge on any atom is 0.251 e. The molecule has 0 saturated heterocycles. The first kappa shape index (κ1) is 14.9. The third-order valence-corrected chi connectivity index (χ3v) is 4.39. The van der Waals surface area contributed by atoms with Crippen molar-refractivity contribution in [2.75, 3.05) is 6.54 Å². The van der Waals surface area contributed by atoms with Crippen LogP contribution in [0.25, 0.3) is 11.1 Å². The minimum atomic E-state index is -0.0583. The van der Waals surface area contributed by atoms with Crippen molar-refractivity contribution in [3.05, 3.63) is 64.5 Å². The summed E-state index contributed by atoms with van der Waals surface area (Å²) in [5.41, 5.74) is 5.96. The second-order valence-electron chi connectivity index (χ2n) is 6.12. The fourth-order valence-electron chi connectivity index (χ4n) is 3.06. The molecule has 3 aromatic rings. The molecule has 5 heteroatoms. The molecule has 1 aliphatic rings. The van der Waals surface area contributed by atoms with Crippen LogP contribution >= 0.6 is 0 Å². The zero-order valence-corrected chi connectivity index (χ0v) is 13.6. The molecule has 2 heterocycles. The third kappa shape index (κ3) is 2.78. The summed E-state index contributed by atoms with van der Waals surface area (Å²) in [5.74, 6) is 0.592. The highest BCUT2D eigenvalue weighted by Crippen LogP contribution is 2.19. The summed E-state index contributed by atoms with van der Waals surface area (Å²) < 4.78 is 5.73. The Morgan fingerprint density at radius 1 is 1.25 bits per heavy atom. The lowest BCUT2D eigenvalue weighted by Gasteiger charge is -2.05. The van der Waals surface area contributed by atoms with Crippen LogP contribution in [0.4, 0.5) is 0 Å². The summed E-state index contributed by atoms with van der Waals surface area (Å²) in [6.45, 7) is 4.23. The third-order valence-electron chi connectivity index (χ3n) is 4.39. The lowest BCUT2D eigenvalue weighted by atomic mass is 10.1. The second kappa shape index (κ2) is 6.09. The van der Waals surface area contributed by atoms with Crippen LogP contribution in [0.2, 0.25) is 0 Å². The molecule has 0 spiro atoms. The van der Waals surface area contributed by atoms with Crippen LogP contribution in [0.15, 0.2) is 40.8 Å². The Morgan fingerprint density at radius 3 is 3.00 bits per heavy atom. The smallest absolute Gasteiger partial charge is 0.251 e. The fourth-order valence-corrected chi connectivity index (χ4v) is 3.06. The van der Waals surface area contributed by atoms with Gasteiger partial charge in [0.15, 0.2) is 11.5 Å². The highest BCUT2D eigenvalue weighted by Gasteiger charge is 2.14. The summed E-state index contributed by atoms with van der Waals surface area (Å²) in [6.07, 6.45) is 0.576. The zero-order valence-electron chi connectivity index (χ0n) is 13.6. The lowest BCUT2D eigenvalue weighted by molar-refractivity contribution is 0.0953. The lowest BCUT2D eigenvalue weighted by Crippen LogP contribution is -2.25. The minimum absolute atomic E-state index is 0.0583. The molecule has 1 aromatic heterocycles. The molecule has 4 rings (SSSR count). The van der Waals surface area contributed by atoms with E-state index >= 15 is 0 Å². The average Bonchev–Trinajstić information content (AvgIpc) is 3.20. The molecule has 0 aliphatic carbocycles. The molecule has 0 unspecified atom stereocenters. The summed E-state index contributed by atoms with van der Waals surface area (Å²) in [6, 6.07) is 11.7. The first-order valence-corrected chi connectivity index (χ1v) is 8.16. The van der Waals surface area contributed by atoms with Gasteiger partial charge in [0.2, 0.25) is 0 Å². The molecule has 122 valence electrons. The van der Waals surface area contributed by atoms with Gasteiger partial charge in [0.25, 0.3) is 5.91 Å². The number of para-hydroxylation sites is 1. The Labute approximate surface area is 140 Å². The van der Waals surface area contributed by atoms with E-state index in [-0.39, 0.29) is 5.91 Å². The molecule has 1 aliphatic heterocycles. The van der Waals surface area contributed by atoms with Crippen molar-refractivity contribution >= 4 is 17.0 Å². The Morgan fingerprint density at radius 2 is 2.12 bits per heavy atom. The Bertz CT molecular complexity index is 914. The molecule has 2 N–H and O–H groups in total. The number of carbonyl (C=O) groups excluding carboxylic acids is 1. The Balaban J connectivity index is 1.39. The zero-order chi connectivity index (χ0) is 16.5. The van der Waals surface area contributed by atoms with Gasteiger partial charge >= 0.3 is 0 Å². The van der Waals surface area contributed by atoms with Crippen LogP contribution < -0.4 is 10.6 Å². The maximum absolute atomic E-state index is 12.3. The number of nitrogens with one attached hydrogen (secondary N) is 2. The molecular formula is C19H19N3O2. The molecule has 24 heavy (non-hydrogen) atoms. The minimum Gasteiger partial charge on any atom is -0.441 e. The van der Waals surface area contributed by atoms with E-state index in [0.717, 1.165) is 29.8 Å². The monoisotopic (exact) mass is 321 g/mol. The van der Waals surface area contributed by atoms with Gasteiger partial charge in [-0.05, 0) is 41.8 Å². The van der Waals surface area contributed by atoms with Gasteiger partial charge in [-0.1, -0.05) is 18.2 Å². The van der Waals surface area contributed by atoms with Gasteiger partial charge in [0.1, 0.15) is 5.52 Å². The van der Waals surface area contributed by atoms with Gasteiger partial charge in [-0.15, -0.1) is 0 Å². The second-order valence-corrected chi connectivity index (χ2v) is 6.12. The fraction of sp³-hybridized carbons (Fsp3) is 0.263. The molecule has 2 aromatic carbocycles. The molecule has 0 radical (unpaired) electrons. The number of nitrogens with zero attached hydrogens (tertiary/aromatic N) is 1. The Kier molecular flexibility index (Phi) is 3.78. The van der Waals surface area contributed by atoms with Crippen molar-refractivity contribution in [3.8, 4) is 0 Å². The van der Waals surface area contributed by atoms with E-state index in [9.17, 15) is 4.79 Å². The Hall–Kier alpha value is -2.66. The van der Waals surface area contributed by atoms with Gasteiger partial charge in [-0.3, -0.25) is 4.79 Å². The van der Waals surface area contributed by atoms with E-state index in [1.807, 2.05) is 43.3 Å². The van der Waals surface area contributed by atoms with Gasteiger partial charge in [0, 0.05) is 31.6 Å². The maximum atomic E-state index is 12.3. The van der Waals surface area contributed by atoms with E-state index < -0.39 is 0 Å². The van der Waals surface area contributed by atoms with E-state index in [1.165, 1.54) is 11.1 Å². The van der Waals surface area contributed by atoms with E-state index in [2.05, 4.69) is 15.6 Å². The van der Waals surface area contributed by atoms with Crippen molar-refractivity contribution in [3.63, 3.8) is 0 Å². The predicted molar refractivity (Wildman–Crippen MR) is 91.8 cm³/mol. The number of amides is 1. The van der Waals surface area contributed by atoms with Crippen molar-refractivity contribution in [1.82, 2.24) is 15.6 Å². The van der Waals surface area contributed by atoms with E-state index in [1.54, 1.807) is 0 Å². The van der Waals surface area contributed by atoms with Crippen molar-refractivity contribution in [2.24, 2.45) is 0 Å². The summed E-state index contributed by atoms with van der Waals surface area (Å²) in [7, 11) is 0. The number of hydrogen-bond donors (Lipinski definition) is 2. The highest BCUT2D eigenvalue weighted by molar-refractivity contribution is 5.94. The SMILES string of the molecule is Cc1cccc2oc(CCNC(=O)c3ccc4c(c3)CNC4)nc12. The van der Waals surface area contributed by atoms with Crippen LogP contribution in [0.1, 0.15) is 32.9 Å². The summed E-state index contributed by atoms with van der Waals surface area (Å²) in [5, 5.41) is 6.22. The van der Waals surface area contributed by atoms with Crippen molar-refractivity contribution in [1.29, 1.82) is 0 Å². The van der Waals surface area contributed by atoms with Gasteiger partial charge < -0.3 is 15.1 Å². The number of hydrogen-bond acceptors (Lipinski definition) is 4. The van der Waals surface area contributed by atoms with Gasteiger partial charge in [-0.25, -0.2) is 4.98 Å². The standard InChI is InChI=1S/C19H19N3O2/c1-12-3-2-4-16-18(12)22-17(24-16)7-8-21-19(23)13-5-6-14-10-20-11-15(14)9-13/h2-6,9,20H,7-8,10-11H2,1H3,(H,21,23). The van der Waals surface area contributed by atoms with E-state index in [0.29, 0.717) is 24.4 Å². The topological polar surface area (TPSA) is 67.2 Å². The molecule has 5 nitrogen and oxygen atoms in total. The predicted octanol–water partition coefficient (Wildman–Crippen LogP) is 2.71. The number of aryl methyl sites for hydroxylation is 1. The first-order chi connectivity index (χ1) is 11.7. The number of oxazole rings is 1. The van der Waals surface area contributed by atoms with Gasteiger partial charge in [-0.2, -0.15) is 0 Å². The van der Waals surface area contributed by atoms with Crippen LogP contribution in [0.3, 0.4) is 0 Å². The van der Waals surface area contributed by atoms with Crippen LogP contribution in [-0.4, -0.2) is 17.4 Å². The number of benzene rings is 2. The number of carbonyl (C=O) groups is 1. The summed E-state index contributed by atoms with van der Waals surface area (Å²) in [4.78, 5) is 16.8. The quantitative estimate of drug-likeness (QED) is 0.775. The number of fused-ring (bicyclic) bond motifs is 2. The molecule has 0 saturated carbocycles.